The molecule has 0 aromatic heterocycles. The number of benzene rings is 1. The second kappa shape index (κ2) is 7.50. The predicted molar refractivity (Wildman–Crippen MR) is 80.1 cm³/mol. The number of hydrogen-bond donors (Lipinski definition) is 2. The summed E-state index contributed by atoms with van der Waals surface area (Å²) < 4.78 is 5.61. The number of carbonyl (C=O) groups is 1. The van der Waals surface area contributed by atoms with Gasteiger partial charge in [0.1, 0.15) is 5.75 Å². The molecule has 0 bridgehead atoms. The van der Waals surface area contributed by atoms with E-state index in [0.29, 0.717) is 23.4 Å². The van der Waals surface area contributed by atoms with Crippen LogP contribution in [0.1, 0.15) is 31.2 Å². The van der Waals surface area contributed by atoms with Crippen LogP contribution in [0.25, 0.3) is 0 Å². The van der Waals surface area contributed by atoms with Crippen molar-refractivity contribution in [2.75, 3.05) is 13.7 Å². The van der Waals surface area contributed by atoms with Crippen molar-refractivity contribution in [2.45, 2.75) is 38.3 Å². The highest BCUT2D eigenvalue weighted by molar-refractivity contribution is 6.32. The molecule has 1 aromatic carbocycles. The first-order chi connectivity index (χ1) is 9.70. The fourth-order valence-electron chi connectivity index (χ4n) is 2.52. The average Bonchev–Trinajstić information content (AvgIpc) is 2.91. The molecule has 0 unspecified atom stereocenters. The third-order valence-electron chi connectivity index (χ3n) is 3.48. The molecule has 1 aliphatic carbocycles. The van der Waals surface area contributed by atoms with Crippen LogP contribution in [0, 0.1) is 0 Å². The molecule has 5 heteroatoms. The number of rotatable bonds is 6. The van der Waals surface area contributed by atoms with Crippen LogP contribution in [0.2, 0.25) is 5.02 Å². The Morgan fingerprint density at radius 3 is 2.85 bits per heavy atom. The molecule has 0 saturated heterocycles. The van der Waals surface area contributed by atoms with Crippen LogP contribution in [-0.2, 0) is 11.3 Å². The van der Waals surface area contributed by atoms with Gasteiger partial charge in [0.25, 0.3) is 5.91 Å². The third kappa shape index (κ3) is 4.12. The Morgan fingerprint density at radius 1 is 1.40 bits per heavy atom. The standard InChI is InChI=1S/C15H21ClN2O2/c1-17-9-11-5-4-8-13(16)15(11)20-10-14(19)18-12-6-2-3-7-12/h4-5,8,12,17H,2-3,6-7,9-10H2,1H3,(H,18,19). The van der Waals surface area contributed by atoms with E-state index in [2.05, 4.69) is 10.6 Å². The molecule has 0 radical (unpaired) electrons. The van der Waals surface area contributed by atoms with Gasteiger partial charge in [-0.1, -0.05) is 36.6 Å². The molecule has 2 rings (SSSR count). The Morgan fingerprint density at radius 2 is 2.15 bits per heavy atom. The van der Waals surface area contributed by atoms with Gasteiger partial charge in [-0.15, -0.1) is 0 Å². The predicted octanol–water partition coefficient (Wildman–Crippen LogP) is 2.50. The van der Waals surface area contributed by atoms with Gasteiger partial charge in [0, 0.05) is 18.2 Å². The van der Waals surface area contributed by atoms with E-state index in [1.165, 1.54) is 12.8 Å². The van der Waals surface area contributed by atoms with Gasteiger partial charge in [0.15, 0.2) is 6.61 Å². The minimum absolute atomic E-state index is 0.0109. The number of amides is 1. The summed E-state index contributed by atoms with van der Waals surface area (Å²) >= 11 is 6.13. The molecule has 2 N–H and O–H groups in total. The molecule has 1 aromatic rings. The maximum absolute atomic E-state index is 11.9. The van der Waals surface area contributed by atoms with E-state index in [0.717, 1.165) is 18.4 Å². The SMILES string of the molecule is CNCc1cccc(Cl)c1OCC(=O)NC1CCCC1. The molecule has 1 aliphatic rings. The lowest BCUT2D eigenvalue weighted by molar-refractivity contribution is -0.123. The maximum Gasteiger partial charge on any atom is 0.258 e. The van der Waals surface area contributed by atoms with Crippen LogP contribution in [0.4, 0.5) is 0 Å². The Bertz CT molecular complexity index is 459. The van der Waals surface area contributed by atoms with Gasteiger partial charge in [0.2, 0.25) is 0 Å². The van der Waals surface area contributed by atoms with Gasteiger partial charge in [-0.2, -0.15) is 0 Å². The average molecular weight is 297 g/mol. The number of halogens is 1. The molecule has 4 nitrogen and oxygen atoms in total. The first-order valence-corrected chi connectivity index (χ1v) is 7.42. The number of ether oxygens (including phenoxy) is 1. The number of hydrogen-bond acceptors (Lipinski definition) is 3. The molecule has 1 fully saturated rings. The van der Waals surface area contributed by atoms with Gasteiger partial charge in [-0.3, -0.25) is 4.79 Å². The summed E-state index contributed by atoms with van der Waals surface area (Å²) in [7, 11) is 1.86. The Hall–Kier alpha value is -1.26. The monoisotopic (exact) mass is 296 g/mol. The summed E-state index contributed by atoms with van der Waals surface area (Å²) in [4.78, 5) is 11.9. The van der Waals surface area contributed by atoms with Gasteiger partial charge < -0.3 is 15.4 Å². The van der Waals surface area contributed by atoms with Crippen LogP contribution in [0.3, 0.4) is 0 Å². The molecule has 0 atom stereocenters. The summed E-state index contributed by atoms with van der Waals surface area (Å²) in [6, 6.07) is 5.90. The zero-order valence-corrected chi connectivity index (χ0v) is 12.5. The highest BCUT2D eigenvalue weighted by atomic mass is 35.5. The Balaban J connectivity index is 1.90. The minimum Gasteiger partial charge on any atom is -0.482 e. The topological polar surface area (TPSA) is 50.4 Å². The smallest absolute Gasteiger partial charge is 0.258 e. The zero-order valence-electron chi connectivity index (χ0n) is 11.7. The fraction of sp³-hybridized carbons (Fsp3) is 0.533. The second-order valence-electron chi connectivity index (χ2n) is 5.10. The lowest BCUT2D eigenvalue weighted by Crippen LogP contribution is -2.36. The first kappa shape index (κ1) is 15.1. The van der Waals surface area contributed by atoms with E-state index < -0.39 is 0 Å². The van der Waals surface area contributed by atoms with Crippen molar-refractivity contribution in [1.82, 2.24) is 10.6 Å². The van der Waals surface area contributed by atoms with Crippen molar-refractivity contribution >= 4 is 17.5 Å². The molecule has 0 heterocycles. The maximum atomic E-state index is 11.9. The minimum atomic E-state index is -0.0766. The molecule has 20 heavy (non-hydrogen) atoms. The van der Waals surface area contributed by atoms with Crippen LogP contribution in [0.5, 0.6) is 5.75 Å². The number of nitrogens with one attached hydrogen (secondary N) is 2. The fourth-order valence-corrected chi connectivity index (χ4v) is 2.77. The summed E-state index contributed by atoms with van der Waals surface area (Å²) in [6.45, 7) is 0.664. The van der Waals surface area contributed by atoms with Crippen molar-refractivity contribution in [2.24, 2.45) is 0 Å². The highest BCUT2D eigenvalue weighted by Gasteiger charge is 2.18. The summed E-state index contributed by atoms with van der Waals surface area (Å²) in [6.07, 6.45) is 4.54. The second-order valence-corrected chi connectivity index (χ2v) is 5.50. The van der Waals surface area contributed by atoms with Crippen LogP contribution in [-0.4, -0.2) is 25.6 Å². The molecule has 0 aliphatic heterocycles. The normalized spacial score (nSPS) is 15.3. The van der Waals surface area contributed by atoms with Crippen molar-refractivity contribution in [3.05, 3.63) is 28.8 Å². The summed E-state index contributed by atoms with van der Waals surface area (Å²) in [5.74, 6) is 0.511. The van der Waals surface area contributed by atoms with E-state index in [-0.39, 0.29) is 12.5 Å². The first-order valence-electron chi connectivity index (χ1n) is 7.05. The largest absolute Gasteiger partial charge is 0.482 e. The molecule has 0 spiro atoms. The molecule has 110 valence electrons. The summed E-state index contributed by atoms with van der Waals surface area (Å²) in [5, 5.41) is 6.59. The van der Waals surface area contributed by atoms with Crippen molar-refractivity contribution in [1.29, 1.82) is 0 Å². The highest BCUT2D eigenvalue weighted by Crippen LogP contribution is 2.28. The van der Waals surface area contributed by atoms with E-state index in [1.54, 1.807) is 6.07 Å². The van der Waals surface area contributed by atoms with Crippen LogP contribution >= 0.6 is 11.6 Å². The molecular weight excluding hydrogens is 276 g/mol. The molecule has 1 amide bonds. The van der Waals surface area contributed by atoms with E-state index >= 15 is 0 Å². The Labute approximate surface area is 124 Å². The third-order valence-corrected chi connectivity index (χ3v) is 3.78. The lowest BCUT2D eigenvalue weighted by atomic mass is 10.2. The van der Waals surface area contributed by atoms with Crippen molar-refractivity contribution < 1.29 is 9.53 Å². The quantitative estimate of drug-likeness (QED) is 0.848. The molecule has 1 saturated carbocycles. The lowest BCUT2D eigenvalue weighted by Gasteiger charge is -2.15. The number of carbonyl (C=O) groups excluding carboxylic acids is 1. The van der Waals surface area contributed by atoms with Gasteiger partial charge >= 0.3 is 0 Å². The Kier molecular flexibility index (Phi) is 5.68. The summed E-state index contributed by atoms with van der Waals surface area (Å²) in [5.41, 5.74) is 0.952. The van der Waals surface area contributed by atoms with Gasteiger partial charge in [0.05, 0.1) is 5.02 Å². The zero-order chi connectivity index (χ0) is 14.4. The van der Waals surface area contributed by atoms with Gasteiger partial charge in [-0.25, -0.2) is 0 Å². The van der Waals surface area contributed by atoms with Gasteiger partial charge in [-0.05, 0) is 26.0 Å². The van der Waals surface area contributed by atoms with Crippen LogP contribution in [0.15, 0.2) is 18.2 Å². The van der Waals surface area contributed by atoms with Crippen molar-refractivity contribution in [3.63, 3.8) is 0 Å². The molecular formula is C15H21ClN2O2. The van der Waals surface area contributed by atoms with E-state index in [1.807, 2.05) is 19.2 Å². The van der Waals surface area contributed by atoms with Crippen molar-refractivity contribution in [3.8, 4) is 5.75 Å². The van der Waals surface area contributed by atoms with Crippen LogP contribution < -0.4 is 15.4 Å². The number of para-hydroxylation sites is 1. The van der Waals surface area contributed by atoms with E-state index in [9.17, 15) is 4.79 Å². The van der Waals surface area contributed by atoms with E-state index in [4.69, 9.17) is 16.3 Å².